The minimum Gasteiger partial charge on any atom is -0.478 e. The van der Waals surface area contributed by atoms with Gasteiger partial charge in [-0.3, -0.25) is 0 Å². The molecule has 1 spiro atoms. The molecule has 2 aliphatic rings. The van der Waals surface area contributed by atoms with Crippen molar-refractivity contribution in [1.82, 2.24) is 5.32 Å². The van der Waals surface area contributed by atoms with Crippen LogP contribution in [-0.4, -0.2) is 30.2 Å². The molecule has 1 saturated heterocycles. The third-order valence-electron chi connectivity index (χ3n) is 7.93. The van der Waals surface area contributed by atoms with Crippen molar-refractivity contribution < 1.29 is 9.90 Å². The second-order valence-corrected chi connectivity index (χ2v) is 12.1. The number of hydrogen-bond acceptors (Lipinski definition) is 3. The molecule has 4 nitrogen and oxygen atoms in total. The molecule has 0 saturated carbocycles. The molecule has 188 valence electrons. The van der Waals surface area contributed by atoms with E-state index in [1.54, 1.807) is 12.1 Å². The average molecular weight is 503 g/mol. The lowest BCUT2D eigenvalue weighted by atomic mass is 9.64. The standard InChI is InChI=1S/C31H35ClN2O2/c1-20-9-14-24-27(15-20)34(18-21-10-12-22(13-11-21)29(35)36)19-31(24)25(23-7-5-6-8-26(23)32)17-33-28(31)16-30(2,3)4/h5-15,25,28,33H,16-19H2,1-4H3,(H,35,36)/t25-,28+,31-/m1/s1. The lowest BCUT2D eigenvalue weighted by molar-refractivity contribution is 0.0697. The van der Waals surface area contributed by atoms with Gasteiger partial charge in [0.1, 0.15) is 0 Å². The van der Waals surface area contributed by atoms with Gasteiger partial charge < -0.3 is 15.3 Å². The molecule has 1 fully saturated rings. The fourth-order valence-electron chi connectivity index (χ4n) is 6.37. The normalized spacial score (nSPS) is 23.3. The third-order valence-corrected chi connectivity index (χ3v) is 8.28. The Morgan fingerprint density at radius 1 is 1.11 bits per heavy atom. The van der Waals surface area contributed by atoms with Crippen LogP contribution >= 0.6 is 11.6 Å². The lowest BCUT2D eigenvalue weighted by Gasteiger charge is -2.40. The summed E-state index contributed by atoms with van der Waals surface area (Å²) in [5, 5.41) is 14.1. The molecule has 3 aromatic carbocycles. The quantitative estimate of drug-likeness (QED) is 0.403. The zero-order valence-electron chi connectivity index (χ0n) is 21.5. The van der Waals surface area contributed by atoms with Crippen molar-refractivity contribution in [1.29, 1.82) is 0 Å². The number of anilines is 1. The van der Waals surface area contributed by atoms with Gasteiger partial charge in [0.15, 0.2) is 0 Å². The van der Waals surface area contributed by atoms with E-state index in [0.717, 1.165) is 36.6 Å². The zero-order valence-corrected chi connectivity index (χ0v) is 22.3. The molecule has 0 radical (unpaired) electrons. The highest BCUT2D eigenvalue weighted by Crippen LogP contribution is 2.56. The first-order valence-corrected chi connectivity index (χ1v) is 13.1. The van der Waals surface area contributed by atoms with Crippen molar-refractivity contribution in [2.24, 2.45) is 5.41 Å². The van der Waals surface area contributed by atoms with Crippen LogP contribution < -0.4 is 10.2 Å². The molecule has 5 rings (SSSR count). The number of nitrogens with zero attached hydrogens (tertiary/aromatic N) is 1. The molecule has 2 N–H and O–H groups in total. The topological polar surface area (TPSA) is 52.6 Å². The van der Waals surface area contributed by atoms with Crippen molar-refractivity contribution in [3.63, 3.8) is 0 Å². The maximum absolute atomic E-state index is 11.3. The molecule has 0 bridgehead atoms. The Bertz CT molecular complexity index is 1280. The number of rotatable bonds is 5. The molecule has 3 aromatic rings. The van der Waals surface area contributed by atoms with E-state index in [2.05, 4.69) is 68.2 Å². The fraction of sp³-hybridized carbons (Fsp3) is 0.387. The number of hydrogen-bond donors (Lipinski definition) is 2. The van der Waals surface area contributed by atoms with E-state index in [4.69, 9.17) is 11.6 Å². The summed E-state index contributed by atoms with van der Waals surface area (Å²) in [5.74, 6) is -0.647. The second-order valence-electron chi connectivity index (χ2n) is 11.7. The van der Waals surface area contributed by atoms with Crippen LogP contribution in [0.15, 0.2) is 66.7 Å². The number of fused-ring (bicyclic) bond motifs is 2. The number of aryl methyl sites for hydroxylation is 1. The minimum atomic E-state index is -0.896. The van der Waals surface area contributed by atoms with Gasteiger partial charge in [-0.05, 0) is 65.3 Å². The Kier molecular flexibility index (Phi) is 6.38. The Labute approximate surface area is 219 Å². The summed E-state index contributed by atoms with van der Waals surface area (Å²) in [6.45, 7) is 11.6. The monoisotopic (exact) mass is 502 g/mol. The highest BCUT2D eigenvalue weighted by molar-refractivity contribution is 6.31. The van der Waals surface area contributed by atoms with Gasteiger partial charge in [-0.25, -0.2) is 4.79 Å². The van der Waals surface area contributed by atoms with Gasteiger partial charge in [-0.1, -0.05) is 74.8 Å². The van der Waals surface area contributed by atoms with Crippen molar-refractivity contribution in [3.8, 4) is 0 Å². The Morgan fingerprint density at radius 3 is 2.50 bits per heavy atom. The number of nitrogens with one attached hydrogen (secondary N) is 1. The van der Waals surface area contributed by atoms with Crippen LogP contribution in [0.4, 0.5) is 5.69 Å². The minimum absolute atomic E-state index is 0.123. The first-order chi connectivity index (χ1) is 17.1. The number of carbonyl (C=O) groups is 1. The summed E-state index contributed by atoms with van der Waals surface area (Å²) in [5.41, 5.74) is 6.59. The summed E-state index contributed by atoms with van der Waals surface area (Å²) in [6.07, 6.45) is 1.06. The Hall–Kier alpha value is -2.82. The summed E-state index contributed by atoms with van der Waals surface area (Å²) < 4.78 is 0. The average Bonchev–Trinajstić information content (AvgIpc) is 3.31. The molecular formula is C31H35ClN2O2. The molecule has 0 aliphatic carbocycles. The van der Waals surface area contributed by atoms with E-state index in [1.807, 2.05) is 24.3 Å². The van der Waals surface area contributed by atoms with Gasteiger partial charge in [0.2, 0.25) is 0 Å². The molecular weight excluding hydrogens is 468 g/mol. The number of halogens is 1. The molecule has 36 heavy (non-hydrogen) atoms. The number of aromatic carboxylic acids is 1. The van der Waals surface area contributed by atoms with Gasteiger partial charge in [0, 0.05) is 47.7 Å². The Morgan fingerprint density at radius 2 is 1.83 bits per heavy atom. The van der Waals surface area contributed by atoms with Gasteiger partial charge >= 0.3 is 5.97 Å². The van der Waals surface area contributed by atoms with E-state index in [1.165, 1.54) is 22.4 Å². The number of carboxylic acids is 1. The van der Waals surface area contributed by atoms with Crippen molar-refractivity contribution >= 4 is 23.3 Å². The first kappa shape index (κ1) is 24.9. The van der Waals surface area contributed by atoms with Crippen LogP contribution in [-0.2, 0) is 12.0 Å². The van der Waals surface area contributed by atoms with Crippen LogP contribution in [0.25, 0.3) is 0 Å². The van der Waals surface area contributed by atoms with Gasteiger partial charge in [-0.15, -0.1) is 0 Å². The Balaban J connectivity index is 1.61. The van der Waals surface area contributed by atoms with Crippen LogP contribution in [0.1, 0.15) is 65.7 Å². The maximum atomic E-state index is 11.3. The fourth-order valence-corrected chi connectivity index (χ4v) is 6.64. The largest absolute Gasteiger partial charge is 0.478 e. The molecule has 0 amide bonds. The van der Waals surface area contributed by atoms with Crippen LogP contribution in [0.5, 0.6) is 0 Å². The smallest absolute Gasteiger partial charge is 0.335 e. The van der Waals surface area contributed by atoms with E-state index in [0.29, 0.717) is 11.6 Å². The third kappa shape index (κ3) is 4.42. The van der Waals surface area contributed by atoms with E-state index >= 15 is 0 Å². The van der Waals surface area contributed by atoms with Crippen LogP contribution in [0.3, 0.4) is 0 Å². The maximum Gasteiger partial charge on any atom is 0.335 e. The molecule has 0 aromatic heterocycles. The van der Waals surface area contributed by atoms with E-state index in [9.17, 15) is 9.90 Å². The summed E-state index contributed by atoms with van der Waals surface area (Å²) >= 11 is 6.82. The molecule has 0 unspecified atom stereocenters. The summed E-state index contributed by atoms with van der Waals surface area (Å²) in [7, 11) is 0. The second kappa shape index (κ2) is 9.24. The van der Waals surface area contributed by atoms with Crippen molar-refractivity contribution in [3.05, 3.63) is 99.6 Å². The SMILES string of the molecule is Cc1ccc2c(c1)N(Cc1ccc(C(=O)O)cc1)C[C@@]21[C@H](CC(C)(C)C)NC[C@@H]1c1ccccc1Cl. The van der Waals surface area contributed by atoms with Crippen LogP contribution in [0.2, 0.25) is 5.02 Å². The number of benzene rings is 3. The molecule has 2 aliphatic heterocycles. The molecule has 2 heterocycles. The van der Waals surface area contributed by atoms with Gasteiger partial charge in [0.25, 0.3) is 0 Å². The summed E-state index contributed by atoms with van der Waals surface area (Å²) in [6, 6.07) is 22.8. The molecule has 3 atom stereocenters. The van der Waals surface area contributed by atoms with E-state index < -0.39 is 5.97 Å². The van der Waals surface area contributed by atoms with Gasteiger partial charge in [0.05, 0.1) is 5.56 Å². The number of carboxylic acid groups (broad SMARTS) is 1. The van der Waals surface area contributed by atoms with Gasteiger partial charge in [-0.2, -0.15) is 0 Å². The lowest BCUT2D eigenvalue weighted by Crippen LogP contribution is -2.48. The first-order valence-electron chi connectivity index (χ1n) is 12.7. The predicted molar refractivity (Wildman–Crippen MR) is 147 cm³/mol. The molecule has 5 heteroatoms. The zero-order chi connectivity index (χ0) is 25.7. The van der Waals surface area contributed by atoms with Crippen molar-refractivity contribution in [2.45, 2.75) is 58.0 Å². The summed E-state index contributed by atoms with van der Waals surface area (Å²) in [4.78, 5) is 13.8. The van der Waals surface area contributed by atoms with E-state index in [-0.39, 0.29) is 16.7 Å². The highest BCUT2D eigenvalue weighted by atomic mass is 35.5. The highest BCUT2D eigenvalue weighted by Gasteiger charge is 2.57. The predicted octanol–water partition coefficient (Wildman–Crippen LogP) is 6.80. The van der Waals surface area contributed by atoms with Crippen LogP contribution in [0, 0.1) is 12.3 Å². The van der Waals surface area contributed by atoms with Crippen molar-refractivity contribution in [2.75, 3.05) is 18.0 Å².